The van der Waals surface area contributed by atoms with Crippen LogP contribution in [0.2, 0.25) is 0 Å². The van der Waals surface area contributed by atoms with Crippen LogP contribution in [0, 0.1) is 0 Å². The number of carbonyl (C=O) groups excluding carboxylic acids is 3. The molecule has 0 bridgehead atoms. The first-order valence-electron chi connectivity index (χ1n) is 7.72. The molecule has 0 aromatic heterocycles. The van der Waals surface area contributed by atoms with Crippen LogP contribution in [0.15, 0.2) is 30.5 Å². The minimum atomic E-state index is -0.763. The van der Waals surface area contributed by atoms with Crippen molar-refractivity contribution in [1.82, 2.24) is 10.2 Å². The molecule has 1 saturated heterocycles. The fourth-order valence-corrected chi connectivity index (χ4v) is 3.22. The first-order chi connectivity index (χ1) is 10.7. The fraction of sp³-hybridized carbons (Fsp3) is 0.389. The molecule has 3 amide bonds. The fourth-order valence-electron chi connectivity index (χ4n) is 3.22. The summed E-state index contributed by atoms with van der Waals surface area (Å²) in [6, 6.07) is 4.55. The van der Waals surface area contributed by atoms with Crippen molar-refractivity contribution in [2.45, 2.75) is 45.1 Å². The Morgan fingerprint density at radius 3 is 2.48 bits per heavy atom. The number of carbonyl (C=O) groups is 3. The second kappa shape index (κ2) is 5.05. The summed E-state index contributed by atoms with van der Waals surface area (Å²) in [6.07, 6.45) is 0.983. The molecule has 1 fully saturated rings. The summed E-state index contributed by atoms with van der Waals surface area (Å²) >= 11 is 0. The standard InChI is InChI=1S/C18H20N2O3/c1-10-8-9-13(15(21)19-10)20-16(22)11-6-5-7-12(18(2,3)4)14(11)17(20)23/h5-7,13H,1,8-9H2,2-4H3,(H,19,21). The Labute approximate surface area is 135 Å². The van der Waals surface area contributed by atoms with Gasteiger partial charge in [-0.25, -0.2) is 0 Å². The summed E-state index contributed by atoms with van der Waals surface area (Å²) in [7, 11) is 0. The second-order valence-corrected chi connectivity index (χ2v) is 7.11. The lowest BCUT2D eigenvalue weighted by Gasteiger charge is -2.29. The molecule has 5 heteroatoms. The number of piperidine rings is 1. The first-order valence-corrected chi connectivity index (χ1v) is 7.72. The number of hydrogen-bond donors (Lipinski definition) is 1. The molecule has 1 N–H and O–H groups in total. The topological polar surface area (TPSA) is 66.5 Å². The van der Waals surface area contributed by atoms with Crippen LogP contribution in [0.1, 0.15) is 59.9 Å². The number of nitrogens with zero attached hydrogens (tertiary/aromatic N) is 1. The van der Waals surface area contributed by atoms with E-state index in [4.69, 9.17) is 0 Å². The number of imide groups is 1. The van der Waals surface area contributed by atoms with E-state index in [0.717, 1.165) is 10.5 Å². The minimum absolute atomic E-state index is 0.263. The van der Waals surface area contributed by atoms with Gasteiger partial charge in [-0.05, 0) is 29.9 Å². The number of nitrogens with one attached hydrogen (secondary N) is 1. The number of rotatable bonds is 1. The molecule has 1 unspecified atom stereocenters. The molecule has 120 valence electrons. The minimum Gasteiger partial charge on any atom is -0.329 e. The second-order valence-electron chi connectivity index (χ2n) is 7.11. The van der Waals surface area contributed by atoms with Crippen molar-refractivity contribution in [3.05, 3.63) is 47.2 Å². The number of benzene rings is 1. The van der Waals surface area contributed by atoms with Gasteiger partial charge in [-0.1, -0.05) is 39.5 Å². The van der Waals surface area contributed by atoms with Crippen molar-refractivity contribution in [2.75, 3.05) is 0 Å². The Hall–Kier alpha value is -2.43. The molecule has 0 aliphatic carbocycles. The zero-order valence-electron chi connectivity index (χ0n) is 13.6. The number of amides is 3. The molecule has 0 spiro atoms. The van der Waals surface area contributed by atoms with E-state index in [1.54, 1.807) is 12.1 Å². The van der Waals surface area contributed by atoms with Crippen molar-refractivity contribution in [2.24, 2.45) is 0 Å². The van der Waals surface area contributed by atoms with Gasteiger partial charge in [0, 0.05) is 5.70 Å². The number of fused-ring (bicyclic) bond motifs is 1. The molecule has 0 saturated carbocycles. The lowest BCUT2D eigenvalue weighted by Crippen LogP contribution is -2.51. The highest BCUT2D eigenvalue weighted by atomic mass is 16.2. The summed E-state index contributed by atoms with van der Waals surface area (Å²) in [5.74, 6) is -1.10. The van der Waals surface area contributed by atoms with Crippen LogP contribution < -0.4 is 5.32 Å². The third-order valence-corrected chi connectivity index (χ3v) is 4.39. The third-order valence-electron chi connectivity index (χ3n) is 4.39. The number of hydrogen-bond acceptors (Lipinski definition) is 3. The summed E-state index contributed by atoms with van der Waals surface area (Å²) in [6.45, 7) is 9.73. The lowest BCUT2D eigenvalue weighted by atomic mass is 9.82. The van der Waals surface area contributed by atoms with E-state index in [2.05, 4.69) is 11.9 Å². The van der Waals surface area contributed by atoms with E-state index in [-0.39, 0.29) is 23.1 Å². The van der Waals surface area contributed by atoms with Gasteiger partial charge < -0.3 is 5.32 Å². The molecule has 23 heavy (non-hydrogen) atoms. The average molecular weight is 312 g/mol. The zero-order chi connectivity index (χ0) is 16.9. The Morgan fingerprint density at radius 1 is 1.17 bits per heavy atom. The highest BCUT2D eigenvalue weighted by Crippen LogP contribution is 2.35. The van der Waals surface area contributed by atoms with E-state index >= 15 is 0 Å². The molecule has 0 radical (unpaired) electrons. The van der Waals surface area contributed by atoms with E-state index in [1.807, 2.05) is 26.8 Å². The molecule has 5 nitrogen and oxygen atoms in total. The molecule has 1 aromatic rings. The SMILES string of the molecule is C=C1CCC(N2C(=O)c3cccc(C(C)(C)C)c3C2=O)C(=O)N1. The zero-order valence-corrected chi connectivity index (χ0v) is 13.6. The Bertz CT molecular complexity index is 743. The maximum absolute atomic E-state index is 12.9. The lowest BCUT2D eigenvalue weighted by molar-refractivity contribution is -0.125. The van der Waals surface area contributed by atoms with Crippen LogP contribution in [0.4, 0.5) is 0 Å². The van der Waals surface area contributed by atoms with Crippen LogP contribution in [-0.4, -0.2) is 28.7 Å². The quantitative estimate of drug-likeness (QED) is 0.810. The summed E-state index contributed by atoms with van der Waals surface area (Å²) in [4.78, 5) is 38.9. The molecule has 1 aromatic carbocycles. The van der Waals surface area contributed by atoms with Crippen LogP contribution in [0.25, 0.3) is 0 Å². The summed E-state index contributed by atoms with van der Waals surface area (Å²) in [5.41, 5.74) is 2.01. The van der Waals surface area contributed by atoms with Gasteiger partial charge in [-0.3, -0.25) is 19.3 Å². The van der Waals surface area contributed by atoms with Gasteiger partial charge in [-0.2, -0.15) is 0 Å². The van der Waals surface area contributed by atoms with Crippen LogP contribution >= 0.6 is 0 Å². The Morgan fingerprint density at radius 2 is 1.87 bits per heavy atom. The van der Waals surface area contributed by atoms with E-state index in [9.17, 15) is 14.4 Å². The predicted octanol–water partition coefficient (Wildman–Crippen LogP) is 2.37. The predicted molar refractivity (Wildman–Crippen MR) is 85.9 cm³/mol. The molecular weight excluding hydrogens is 292 g/mol. The van der Waals surface area contributed by atoms with Crippen LogP contribution in [-0.2, 0) is 10.2 Å². The molecule has 2 heterocycles. The van der Waals surface area contributed by atoms with Gasteiger partial charge in [0.15, 0.2) is 0 Å². The maximum atomic E-state index is 12.9. The monoisotopic (exact) mass is 312 g/mol. The summed E-state index contributed by atoms with van der Waals surface area (Å²) in [5, 5.41) is 2.64. The van der Waals surface area contributed by atoms with Gasteiger partial charge in [-0.15, -0.1) is 0 Å². The molecule has 2 aliphatic heterocycles. The van der Waals surface area contributed by atoms with Crippen LogP contribution in [0.3, 0.4) is 0 Å². The molecule has 1 atom stereocenters. The molecule has 3 rings (SSSR count). The maximum Gasteiger partial charge on any atom is 0.262 e. The van der Waals surface area contributed by atoms with Crippen molar-refractivity contribution in [3.8, 4) is 0 Å². The normalized spacial score (nSPS) is 21.5. The smallest absolute Gasteiger partial charge is 0.262 e. The van der Waals surface area contributed by atoms with Crippen molar-refractivity contribution < 1.29 is 14.4 Å². The van der Waals surface area contributed by atoms with Gasteiger partial charge in [0.25, 0.3) is 11.8 Å². The van der Waals surface area contributed by atoms with Gasteiger partial charge in [0.1, 0.15) is 6.04 Å². The van der Waals surface area contributed by atoms with Crippen molar-refractivity contribution in [1.29, 1.82) is 0 Å². The van der Waals surface area contributed by atoms with Gasteiger partial charge in [0.05, 0.1) is 11.1 Å². The Kier molecular flexibility index (Phi) is 3.39. The first kappa shape index (κ1) is 15.5. The van der Waals surface area contributed by atoms with Crippen molar-refractivity contribution in [3.63, 3.8) is 0 Å². The Balaban J connectivity index is 2.05. The van der Waals surface area contributed by atoms with Crippen LogP contribution in [0.5, 0.6) is 0 Å². The van der Waals surface area contributed by atoms with E-state index < -0.39 is 6.04 Å². The van der Waals surface area contributed by atoms with Gasteiger partial charge >= 0.3 is 0 Å². The third kappa shape index (κ3) is 2.36. The van der Waals surface area contributed by atoms with Gasteiger partial charge in [0.2, 0.25) is 5.91 Å². The largest absolute Gasteiger partial charge is 0.329 e. The highest BCUT2D eigenvalue weighted by Gasteiger charge is 2.45. The summed E-state index contributed by atoms with van der Waals surface area (Å²) < 4.78 is 0. The average Bonchev–Trinajstić information content (AvgIpc) is 2.71. The molecule has 2 aliphatic rings. The van der Waals surface area contributed by atoms with Crippen molar-refractivity contribution >= 4 is 17.7 Å². The highest BCUT2D eigenvalue weighted by molar-refractivity contribution is 6.23. The van der Waals surface area contributed by atoms with E-state index in [1.165, 1.54) is 0 Å². The number of allylic oxidation sites excluding steroid dienone is 1. The molecular formula is C18H20N2O3. The van der Waals surface area contributed by atoms with E-state index in [0.29, 0.717) is 29.7 Å².